The fourth-order valence-electron chi connectivity index (χ4n) is 3.64. The summed E-state index contributed by atoms with van der Waals surface area (Å²) in [4.78, 5) is 16.5. The highest BCUT2D eigenvalue weighted by molar-refractivity contribution is 6.34. The summed E-state index contributed by atoms with van der Waals surface area (Å²) < 4.78 is 67.1. The van der Waals surface area contributed by atoms with Crippen LogP contribution < -0.4 is 5.32 Å². The van der Waals surface area contributed by atoms with Crippen molar-refractivity contribution >= 4 is 29.1 Å². The normalized spacial score (nSPS) is 22.8. The minimum absolute atomic E-state index is 0.00192. The number of pyridine rings is 1. The third kappa shape index (κ3) is 4.94. The number of benzene rings is 1. The second kappa shape index (κ2) is 8.88. The number of aromatic nitrogens is 1. The van der Waals surface area contributed by atoms with Crippen molar-refractivity contribution in [1.82, 2.24) is 10.3 Å². The van der Waals surface area contributed by atoms with Crippen molar-refractivity contribution in [3.05, 3.63) is 63.1 Å². The predicted octanol–water partition coefficient (Wildman–Crippen LogP) is 5.66. The Morgan fingerprint density at radius 2 is 1.84 bits per heavy atom. The van der Waals surface area contributed by atoms with Crippen LogP contribution in [0.3, 0.4) is 0 Å². The molecule has 31 heavy (non-hydrogen) atoms. The molecule has 0 saturated heterocycles. The predicted molar refractivity (Wildman–Crippen MR) is 104 cm³/mol. The SMILES string of the molecule is O=C(NC(c1cccc(F)c1Cl)C1(O)CCC(F)CC1)c1nccc(C(F)(F)F)c1Cl. The number of hydrogen-bond acceptors (Lipinski definition) is 3. The molecule has 1 fully saturated rings. The molecule has 3 rings (SSSR count). The second-order valence-corrected chi connectivity index (χ2v) is 8.10. The Kier molecular flexibility index (Phi) is 6.78. The highest BCUT2D eigenvalue weighted by atomic mass is 35.5. The Labute approximate surface area is 184 Å². The van der Waals surface area contributed by atoms with E-state index in [1.807, 2.05) is 0 Å². The number of alkyl halides is 4. The van der Waals surface area contributed by atoms with E-state index >= 15 is 0 Å². The summed E-state index contributed by atoms with van der Waals surface area (Å²) in [5, 5.41) is 12.3. The molecule has 11 heteroatoms. The first-order valence-electron chi connectivity index (χ1n) is 9.27. The summed E-state index contributed by atoms with van der Waals surface area (Å²) in [6.07, 6.45) is -5.41. The summed E-state index contributed by atoms with van der Waals surface area (Å²) in [6, 6.07) is 3.00. The lowest BCUT2D eigenvalue weighted by atomic mass is 9.76. The van der Waals surface area contributed by atoms with E-state index in [1.165, 1.54) is 12.1 Å². The molecule has 1 unspecified atom stereocenters. The third-order valence-electron chi connectivity index (χ3n) is 5.30. The summed E-state index contributed by atoms with van der Waals surface area (Å²) in [5.41, 5.74) is -3.70. The maximum Gasteiger partial charge on any atom is 0.417 e. The van der Waals surface area contributed by atoms with E-state index in [0.29, 0.717) is 6.07 Å². The van der Waals surface area contributed by atoms with Gasteiger partial charge in [0.1, 0.15) is 17.7 Å². The Balaban J connectivity index is 2.02. The molecule has 2 N–H and O–H groups in total. The number of amides is 1. The van der Waals surface area contributed by atoms with Gasteiger partial charge in [-0.25, -0.2) is 13.8 Å². The second-order valence-electron chi connectivity index (χ2n) is 7.35. The van der Waals surface area contributed by atoms with Crippen LogP contribution in [0.15, 0.2) is 30.5 Å². The summed E-state index contributed by atoms with van der Waals surface area (Å²) in [6.45, 7) is 0. The van der Waals surface area contributed by atoms with Crippen molar-refractivity contribution in [2.45, 2.75) is 49.7 Å². The van der Waals surface area contributed by atoms with Gasteiger partial charge in [0.15, 0.2) is 0 Å². The van der Waals surface area contributed by atoms with Crippen LogP contribution in [0, 0.1) is 5.82 Å². The Hall–Kier alpha value is -1.97. The van der Waals surface area contributed by atoms with Gasteiger partial charge in [-0.3, -0.25) is 4.79 Å². The van der Waals surface area contributed by atoms with Crippen molar-refractivity contribution in [2.24, 2.45) is 0 Å². The van der Waals surface area contributed by atoms with Crippen molar-refractivity contribution in [3.8, 4) is 0 Å². The smallest absolute Gasteiger partial charge is 0.387 e. The Morgan fingerprint density at radius 3 is 2.45 bits per heavy atom. The largest absolute Gasteiger partial charge is 0.417 e. The van der Waals surface area contributed by atoms with Gasteiger partial charge in [-0.2, -0.15) is 13.2 Å². The molecule has 1 amide bonds. The standard InChI is InChI=1S/C20H17Cl2F5N2O2/c21-14-11(2-1-3-13(14)24)17(19(31)7-4-10(23)5-8-19)29-18(30)16-15(22)12(6-9-28-16)20(25,26)27/h1-3,6,9-10,17,31H,4-5,7-8H2,(H,29,30). The topological polar surface area (TPSA) is 62.2 Å². The molecular weight excluding hydrogens is 466 g/mol. The van der Waals surface area contributed by atoms with Crippen molar-refractivity contribution in [1.29, 1.82) is 0 Å². The number of carbonyl (C=O) groups excluding carboxylic acids is 1. The molecule has 0 bridgehead atoms. The molecule has 0 aliphatic heterocycles. The van der Waals surface area contributed by atoms with E-state index in [1.54, 1.807) is 0 Å². The lowest BCUT2D eigenvalue weighted by Gasteiger charge is -2.41. The molecule has 1 saturated carbocycles. The van der Waals surface area contributed by atoms with Gasteiger partial charge in [0.25, 0.3) is 5.91 Å². The van der Waals surface area contributed by atoms with E-state index in [9.17, 15) is 31.9 Å². The molecule has 1 aromatic heterocycles. The number of carbonyl (C=O) groups is 1. The van der Waals surface area contributed by atoms with Gasteiger partial charge in [-0.1, -0.05) is 35.3 Å². The van der Waals surface area contributed by atoms with Gasteiger partial charge >= 0.3 is 6.18 Å². The Bertz CT molecular complexity index is 979. The zero-order chi connectivity index (χ0) is 23.0. The molecule has 168 valence electrons. The fraction of sp³-hybridized carbons (Fsp3) is 0.400. The van der Waals surface area contributed by atoms with Gasteiger partial charge in [0, 0.05) is 6.20 Å². The van der Waals surface area contributed by atoms with Gasteiger partial charge in [-0.15, -0.1) is 0 Å². The fourth-order valence-corrected chi connectivity index (χ4v) is 4.18. The van der Waals surface area contributed by atoms with Crippen molar-refractivity contribution in [3.63, 3.8) is 0 Å². The first kappa shape index (κ1) is 23.7. The number of aliphatic hydroxyl groups is 1. The van der Waals surface area contributed by atoms with Crippen LogP contribution in [-0.4, -0.2) is 27.8 Å². The van der Waals surface area contributed by atoms with Crippen LogP contribution in [0.4, 0.5) is 22.0 Å². The minimum Gasteiger partial charge on any atom is -0.387 e. The van der Waals surface area contributed by atoms with Crippen LogP contribution in [0.5, 0.6) is 0 Å². The quantitative estimate of drug-likeness (QED) is 0.552. The van der Waals surface area contributed by atoms with Crippen LogP contribution in [0.2, 0.25) is 10.0 Å². The molecule has 1 atom stereocenters. The van der Waals surface area contributed by atoms with Gasteiger partial charge in [0.05, 0.1) is 27.3 Å². The van der Waals surface area contributed by atoms with Crippen LogP contribution >= 0.6 is 23.2 Å². The summed E-state index contributed by atoms with van der Waals surface area (Å²) in [7, 11) is 0. The molecule has 2 aromatic rings. The zero-order valence-corrected chi connectivity index (χ0v) is 17.3. The molecule has 1 aliphatic rings. The lowest BCUT2D eigenvalue weighted by molar-refractivity contribution is -0.137. The molecule has 1 aromatic carbocycles. The maximum atomic E-state index is 14.1. The van der Waals surface area contributed by atoms with E-state index in [-0.39, 0.29) is 36.3 Å². The number of halogens is 7. The third-order valence-corrected chi connectivity index (χ3v) is 6.08. The van der Waals surface area contributed by atoms with Gasteiger partial charge in [-0.05, 0) is 43.4 Å². The Morgan fingerprint density at radius 1 is 1.19 bits per heavy atom. The zero-order valence-electron chi connectivity index (χ0n) is 15.8. The van der Waals surface area contributed by atoms with Crippen LogP contribution in [0.1, 0.15) is 53.3 Å². The number of nitrogens with one attached hydrogen (secondary N) is 1. The molecular formula is C20H17Cl2F5N2O2. The molecule has 4 nitrogen and oxygen atoms in total. The average molecular weight is 483 g/mol. The highest BCUT2D eigenvalue weighted by Gasteiger charge is 2.44. The minimum atomic E-state index is -4.82. The average Bonchev–Trinajstić information content (AvgIpc) is 2.70. The van der Waals surface area contributed by atoms with Crippen LogP contribution in [0.25, 0.3) is 0 Å². The first-order valence-corrected chi connectivity index (χ1v) is 10.0. The van der Waals surface area contributed by atoms with E-state index in [4.69, 9.17) is 23.2 Å². The number of hydrogen-bond donors (Lipinski definition) is 2. The first-order chi connectivity index (χ1) is 14.4. The van der Waals surface area contributed by atoms with Crippen molar-refractivity contribution < 1.29 is 31.9 Å². The van der Waals surface area contributed by atoms with E-state index < -0.39 is 52.0 Å². The van der Waals surface area contributed by atoms with Gasteiger partial charge in [0.2, 0.25) is 0 Å². The number of nitrogens with zero attached hydrogens (tertiary/aromatic N) is 1. The van der Waals surface area contributed by atoms with E-state index in [0.717, 1.165) is 12.3 Å². The molecule has 0 radical (unpaired) electrons. The van der Waals surface area contributed by atoms with Gasteiger partial charge < -0.3 is 10.4 Å². The monoisotopic (exact) mass is 482 g/mol. The summed E-state index contributed by atoms with van der Waals surface area (Å²) in [5.74, 6) is -1.95. The van der Waals surface area contributed by atoms with Crippen molar-refractivity contribution in [2.75, 3.05) is 0 Å². The number of rotatable bonds is 4. The lowest BCUT2D eigenvalue weighted by Crippen LogP contribution is -2.49. The van der Waals surface area contributed by atoms with E-state index in [2.05, 4.69) is 10.3 Å². The maximum absolute atomic E-state index is 14.1. The highest BCUT2D eigenvalue weighted by Crippen LogP contribution is 2.42. The molecule has 1 aliphatic carbocycles. The summed E-state index contributed by atoms with van der Waals surface area (Å²) >= 11 is 11.8. The molecule has 1 heterocycles. The van der Waals surface area contributed by atoms with Crippen LogP contribution in [-0.2, 0) is 6.18 Å². The molecule has 0 spiro atoms.